The Morgan fingerprint density at radius 1 is 1.08 bits per heavy atom. The monoisotopic (exact) mass is 374 g/mol. The molecule has 0 aliphatic carbocycles. The van der Waals surface area contributed by atoms with E-state index in [1.54, 1.807) is 18.7 Å². The molecule has 0 aliphatic rings. The molecule has 0 radical (unpaired) electrons. The molecule has 0 saturated carbocycles. The van der Waals surface area contributed by atoms with E-state index in [0.717, 1.165) is 11.8 Å². The van der Waals surface area contributed by atoms with Gasteiger partial charge in [0.25, 0.3) is 0 Å². The van der Waals surface area contributed by atoms with Crippen molar-refractivity contribution in [2.45, 2.75) is 58.8 Å². The first-order chi connectivity index (χ1) is 11.7. The summed E-state index contributed by atoms with van der Waals surface area (Å²) in [6.45, 7) is 10.1. The lowest BCUT2D eigenvalue weighted by molar-refractivity contribution is -0.142. The normalized spacial score (nSPS) is 14.2. The largest absolute Gasteiger partial charge is 0.469 e. The summed E-state index contributed by atoms with van der Waals surface area (Å²) in [5.41, 5.74) is 0. The molecule has 8 heteroatoms. The van der Waals surface area contributed by atoms with Gasteiger partial charge in [0.1, 0.15) is 12.5 Å². The van der Waals surface area contributed by atoms with Crippen LogP contribution in [-0.4, -0.2) is 59.3 Å². The van der Waals surface area contributed by atoms with Gasteiger partial charge >= 0.3 is 5.97 Å². The lowest BCUT2D eigenvalue weighted by Gasteiger charge is -2.29. The molecular weight excluding hydrogens is 344 g/mol. The average Bonchev–Trinajstić information content (AvgIpc) is 2.58. The Hall–Kier alpha value is -1.57. The van der Waals surface area contributed by atoms with Crippen molar-refractivity contribution in [3.8, 4) is 0 Å². The molecule has 7 nitrogen and oxygen atoms in total. The summed E-state index contributed by atoms with van der Waals surface area (Å²) in [6.07, 6.45) is 0.289. The van der Waals surface area contributed by atoms with E-state index in [0.29, 0.717) is 19.5 Å². The molecule has 0 heterocycles. The van der Waals surface area contributed by atoms with Crippen LogP contribution in [0.3, 0.4) is 0 Å². The summed E-state index contributed by atoms with van der Waals surface area (Å²) in [6, 6.07) is -0.826. The smallest absolute Gasteiger partial charge is 0.313 e. The van der Waals surface area contributed by atoms with Gasteiger partial charge in [-0.15, -0.1) is 0 Å². The highest BCUT2D eigenvalue weighted by Gasteiger charge is 2.32. The maximum absolute atomic E-state index is 12.7. The van der Waals surface area contributed by atoms with E-state index in [1.165, 1.54) is 7.11 Å². The van der Waals surface area contributed by atoms with E-state index in [2.05, 4.69) is 10.1 Å². The Morgan fingerprint density at radius 2 is 1.64 bits per heavy atom. The van der Waals surface area contributed by atoms with Crippen LogP contribution in [0.4, 0.5) is 0 Å². The van der Waals surface area contributed by atoms with Crippen LogP contribution in [0.2, 0.25) is 0 Å². The maximum Gasteiger partial charge on any atom is 0.313 e. The second-order valence-corrected chi connectivity index (χ2v) is 7.19. The molecule has 0 aromatic carbocycles. The summed E-state index contributed by atoms with van der Waals surface area (Å²) in [5.74, 6) is -1.30. The van der Waals surface area contributed by atoms with Gasteiger partial charge in [0.05, 0.1) is 7.11 Å². The third kappa shape index (κ3) is 7.90. The fourth-order valence-electron chi connectivity index (χ4n) is 2.10. The van der Waals surface area contributed by atoms with Gasteiger partial charge in [-0.25, -0.2) is 0 Å². The zero-order valence-corrected chi connectivity index (χ0v) is 16.8. The van der Waals surface area contributed by atoms with E-state index in [1.807, 2.05) is 20.8 Å². The summed E-state index contributed by atoms with van der Waals surface area (Å²) in [5, 5.41) is 1.87. The number of hydrogen-bond donors (Lipinski definition) is 1. The van der Waals surface area contributed by atoms with Crippen molar-refractivity contribution in [2.75, 3.05) is 20.2 Å². The number of rotatable bonds is 10. The van der Waals surface area contributed by atoms with E-state index < -0.39 is 22.4 Å². The summed E-state index contributed by atoms with van der Waals surface area (Å²) < 4.78 is 4.48. The topological polar surface area (TPSA) is 92.8 Å². The van der Waals surface area contributed by atoms with Crippen LogP contribution in [0.5, 0.6) is 0 Å². The SMILES string of the molecule is CCC(C)C(=O)NC(C(=O)N(CC)CC)C(C)SC(=O)CC(=O)OC. The first kappa shape index (κ1) is 23.4. The van der Waals surface area contributed by atoms with E-state index in [4.69, 9.17) is 0 Å². The summed E-state index contributed by atoms with van der Waals surface area (Å²) >= 11 is 0.877. The number of esters is 1. The Labute approximate surface area is 154 Å². The van der Waals surface area contributed by atoms with Crippen LogP contribution in [0.15, 0.2) is 0 Å². The highest BCUT2D eigenvalue weighted by atomic mass is 32.2. The molecule has 0 bridgehead atoms. The molecule has 0 aromatic heterocycles. The molecule has 0 fully saturated rings. The van der Waals surface area contributed by atoms with Gasteiger partial charge in [0.2, 0.25) is 11.8 Å². The quantitative estimate of drug-likeness (QED) is 0.461. The van der Waals surface area contributed by atoms with Crippen LogP contribution in [0, 0.1) is 5.92 Å². The fraction of sp³-hybridized carbons (Fsp3) is 0.765. The van der Waals surface area contributed by atoms with Gasteiger partial charge < -0.3 is 15.0 Å². The maximum atomic E-state index is 12.7. The highest BCUT2D eigenvalue weighted by Crippen LogP contribution is 2.20. The standard InChI is InChI=1S/C17H30N2O5S/c1-7-11(4)16(22)18-15(17(23)19(8-2)9-3)12(5)25-14(21)10-13(20)24-6/h11-12,15H,7-10H2,1-6H3,(H,18,22). The molecule has 0 aliphatic heterocycles. The first-order valence-corrected chi connectivity index (χ1v) is 9.45. The number of carbonyl (C=O) groups is 4. The highest BCUT2D eigenvalue weighted by molar-refractivity contribution is 8.14. The Balaban J connectivity index is 5.21. The number of thioether (sulfide) groups is 1. The van der Waals surface area contributed by atoms with Gasteiger partial charge in [-0.2, -0.15) is 0 Å². The van der Waals surface area contributed by atoms with Crippen LogP contribution in [0.1, 0.15) is 47.5 Å². The van der Waals surface area contributed by atoms with E-state index >= 15 is 0 Å². The second kappa shape index (κ2) is 11.9. The third-order valence-electron chi connectivity index (χ3n) is 4.00. The number of carbonyl (C=O) groups excluding carboxylic acids is 4. The van der Waals surface area contributed by atoms with Crippen LogP contribution in [-0.2, 0) is 23.9 Å². The first-order valence-electron chi connectivity index (χ1n) is 8.57. The Morgan fingerprint density at radius 3 is 2.08 bits per heavy atom. The number of ether oxygens (including phenoxy) is 1. The number of nitrogens with one attached hydrogen (secondary N) is 1. The minimum Gasteiger partial charge on any atom is -0.469 e. The molecule has 0 aromatic rings. The van der Waals surface area contributed by atoms with Crippen LogP contribution in [0.25, 0.3) is 0 Å². The van der Waals surface area contributed by atoms with Gasteiger partial charge in [-0.05, 0) is 20.3 Å². The average molecular weight is 375 g/mol. The zero-order valence-electron chi connectivity index (χ0n) is 16.0. The predicted octanol–water partition coefficient (Wildman–Crippen LogP) is 1.60. The number of methoxy groups -OCH3 is 1. The molecule has 0 spiro atoms. The van der Waals surface area contributed by atoms with Gasteiger partial charge in [-0.1, -0.05) is 32.5 Å². The zero-order chi connectivity index (χ0) is 19.6. The molecule has 0 saturated heterocycles. The number of amides is 2. The minimum absolute atomic E-state index is 0.221. The van der Waals surface area contributed by atoms with E-state index in [9.17, 15) is 19.2 Å². The van der Waals surface area contributed by atoms with Gasteiger partial charge in [0, 0.05) is 24.3 Å². The molecule has 0 rings (SSSR count). The van der Waals surface area contributed by atoms with Crippen molar-refractivity contribution in [1.29, 1.82) is 0 Å². The predicted molar refractivity (Wildman–Crippen MR) is 98.0 cm³/mol. The third-order valence-corrected chi connectivity index (χ3v) is 5.05. The molecule has 25 heavy (non-hydrogen) atoms. The van der Waals surface area contributed by atoms with Crippen molar-refractivity contribution in [2.24, 2.45) is 5.92 Å². The molecular formula is C17H30N2O5S. The van der Waals surface area contributed by atoms with Crippen molar-refractivity contribution in [3.63, 3.8) is 0 Å². The summed E-state index contributed by atoms with van der Waals surface area (Å²) in [4.78, 5) is 49.8. The van der Waals surface area contributed by atoms with Crippen LogP contribution < -0.4 is 5.32 Å². The second-order valence-electron chi connectivity index (χ2n) is 5.75. The lowest BCUT2D eigenvalue weighted by atomic mass is 10.1. The molecule has 2 amide bonds. The van der Waals surface area contributed by atoms with Crippen molar-refractivity contribution in [3.05, 3.63) is 0 Å². The van der Waals surface area contributed by atoms with E-state index in [-0.39, 0.29) is 24.2 Å². The Bertz CT molecular complexity index is 480. The van der Waals surface area contributed by atoms with Crippen LogP contribution >= 0.6 is 11.8 Å². The van der Waals surface area contributed by atoms with Crippen molar-refractivity contribution < 1.29 is 23.9 Å². The lowest BCUT2D eigenvalue weighted by Crippen LogP contribution is -2.54. The molecule has 144 valence electrons. The molecule has 3 unspecified atom stereocenters. The molecule has 1 N–H and O–H groups in total. The van der Waals surface area contributed by atoms with Gasteiger partial charge in [0.15, 0.2) is 5.12 Å². The van der Waals surface area contributed by atoms with Crippen molar-refractivity contribution >= 4 is 34.7 Å². The fourth-order valence-corrected chi connectivity index (χ4v) is 3.04. The number of hydrogen-bond acceptors (Lipinski definition) is 6. The summed E-state index contributed by atoms with van der Waals surface area (Å²) in [7, 11) is 1.21. The number of likely N-dealkylation sites (N-methyl/N-ethyl adjacent to an activating group) is 1. The molecule has 3 atom stereocenters. The van der Waals surface area contributed by atoms with Gasteiger partial charge in [-0.3, -0.25) is 19.2 Å². The number of nitrogens with zero attached hydrogens (tertiary/aromatic N) is 1. The minimum atomic E-state index is -0.826. The van der Waals surface area contributed by atoms with Crippen molar-refractivity contribution in [1.82, 2.24) is 10.2 Å². The Kier molecular flexibility index (Phi) is 11.1.